The number of rotatable bonds is 6. The fourth-order valence-electron chi connectivity index (χ4n) is 1.73. The second-order valence-corrected chi connectivity index (χ2v) is 5.57. The highest BCUT2D eigenvalue weighted by atomic mass is 79.9. The molecule has 4 nitrogen and oxygen atoms in total. The molecule has 1 aromatic carbocycles. The lowest BCUT2D eigenvalue weighted by atomic mass is 10.2. The molecule has 1 rings (SSSR count). The third-order valence-electron chi connectivity index (χ3n) is 2.82. The Kier molecular flexibility index (Phi) is 7.15. The normalized spacial score (nSPS) is 10.9. The average molecular weight is 354 g/mol. The number of esters is 1. The van der Waals surface area contributed by atoms with E-state index in [2.05, 4.69) is 15.9 Å². The van der Waals surface area contributed by atoms with Gasteiger partial charge in [0.1, 0.15) is 6.54 Å². The van der Waals surface area contributed by atoms with Crippen molar-refractivity contribution >= 4 is 33.9 Å². The maximum atomic E-state index is 12.2. The topological polar surface area (TPSA) is 46.6 Å². The van der Waals surface area contributed by atoms with Gasteiger partial charge in [-0.3, -0.25) is 9.59 Å². The first-order chi connectivity index (χ1) is 9.95. The second-order valence-electron chi connectivity index (χ2n) is 4.72. The van der Waals surface area contributed by atoms with Gasteiger partial charge in [0.2, 0.25) is 5.91 Å². The van der Waals surface area contributed by atoms with E-state index in [-0.39, 0.29) is 18.5 Å². The standard InChI is InChI=1S/C16H20BrNO3/c1-4-21-16(20)11-18(12(2)3)15(19)10-9-13-7-5-6-8-14(13)17/h5-10,12H,4,11H2,1-3H3/b10-9+. The highest BCUT2D eigenvalue weighted by molar-refractivity contribution is 9.10. The molecule has 0 heterocycles. The molecule has 1 amide bonds. The Bertz CT molecular complexity index is 526. The molecule has 0 aromatic heterocycles. The van der Waals surface area contributed by atoms with Gasteiger partial charge in [-0.05, 0) is 38.5 Å². The summed E-state index contributed by atoms with van der Waals surface area (Å²) < 4.78 is 5.80. The van der Waals surface area contributed by atoms with Gasteiger partial charge in [0.25, 0.3) is 0 Å². The first kappa shape index (κ1) is 17.4. The molecule has 0 spiro atoms. The fraction of sp³-hybridized carbons (Fsp3) is 0.375. The lowest BCUT2D eigenvalue weighted by molar-refractivity contribution is -0.148. The predicted molar refractivity (Wildman–Crippen MR) is 86.7 cm³/mol. The van der Waals surface area contributed by atoms with Crippen LogP contribution in [-0.4, -0.2) is 36.0 Å². The van der Waals surface area contributed by atoms with Gasteiger partial charge >= 0.3 is 5.97 Å². The van der Waals surface area contributed by atoms with Crippen LogP contribution in [0.25, 0.3) is 6.08 Å². The third kappa shape index (κ3) is 5.71. The fourth-order valence-corrected chi connectivity index (χ4v) is 2.14. The first-order valence-corrected chi connectivity index (χ1v) is 7.63. The molecule has 0 bridgehead atoms. The Morgan fingerprint density at radius 2 is 2.00 bits per heavy atom. The van der Waals surface area contributed by atoms with Crippen LogP contribution in [0.5, 0.6) is 0 Å². The molecule has 0 aliphatic rings. The van der Waals surface area contributed by atoms with Crippen LogP contribution >= 0.6 is 15.9 Å². The molecule has 114 valence electrons. The van der Waals surface area contributed by atoms with Gasteiger partial charge < -0.3 is 9.64 Å². The van der Waals surface area contributed by atoms with Gasteiger partial charge in [0.15, 0.2) is 0 Å². The van der Waals surface area contributed by atoms with Crippen LogP contribution in [0.1, 0.15) is 26.3 Å². The SMILES string of the molecule is CCOC(=O)CN(C(=O)/C=C/c1ccccc1Br)C(C)C. The van der Waals surface area contributed by atoms with Crippen LogP contribution in [0, 0.1) is 0 Å². The number of hydrogen-bond acceptors (Lipinski definition) is 3. The zero-order valence-electron chi connectivity index (χ0n) is 12.5. The quantitative estimate of drug-likeness (QED) is 0.582. The summed E-state index contributed by atoms with van der Waals surface area (Å²) >= 11 is 3.42. The Morgan fingerprint density at radius 1 is 1.33 bits per heavy atom. The highest BCUT2D eigenvalue weighted by Crippen LogP contribution is 2.17. The van der Waals surface area contributed by atoms with E-state index < -0.39 is 5.97 Å². The van der Waals surface area contributed by atoms with Crippen molar-refractivity contribution in [2.24, 2.45) is 0 Å². The van der Waals surface area contributed by atoms with Gasteiger partial charge in [0.05, 0.1) is 6.61 Å². The van der Waals surface area contributed by atoms with Crippen molar-refractivity contribution < 1.29 is 14.3 Å². The van der Waals surface area contributed by atoms with Crippen LogP contribution < -0.4 is 0 Å². The Morgan fingerprint density at radius 3 is 2.57 bits per heavy atom. The molecular weight excluding hydrogens is 334 g/mol. The van der Waals surface area contributed by atoms with Crippen molar-refractivity contribution in [3.05, 3.63) is 40.4 Å². The molecule has 0 saturated heterocycles. The van der Waals surface area contributed by atoms with Crippen molar-refractivity contribution in [2.75, 3.05) is 13.2 Å². The Balaban J connectivity index is 2.78. The molecule has 0 N–H and O–H groups in total. The summed E-state index contributed by atoms with van der Waals surface area (Å²) in [5.41, 5.74) is 0.908. The zero-order valence-corrected chi connectivity index (χ0v) is 14.1. The summed E-state index contributed by atoms with van der Waals surface area (Å²) in [5, 5.41) is 0. The molecule has 5 heteroatoms. The smallest absolute Gasteiger partial charge is 0.325 e. The molecule has 0 fully saturated rings. The van der Waals surface area contributed by atoms with Crippen molar-refractivity contribution in [1.82, 2.24) is 4.90 Å². The molecule has 0 aliphatic carbocycles. The highest BCUT2D eigenvalue weighted by Gasteiger charge is 2.18. The number of halogens is 1. The monoisotopic (exact) mass is 353 g/mol. The number of hydrogen-bond donors (Lipinski definition) is 0. The van der Waals surface area contributed by atoms with Crippen molar-refractivity contribution in [2.45, 2.75) is 26.8 Å². The minimum absolute atomic E-state index is 0.0371. The molecule has 0 unspecified atom stereocenters. The number of carbonyl (C=O) groups is 2. The number of carbonyl (C=O) groups excluding carboxylic acids is 2. The maximum Gasteiger partial charge on any atom is 0.325 e. The van der Waals surface area contributed by atoms with Crippen molar-refractivity contribution in [3.63, 3.8) is 0 Å². The number of nitrogens with zero attached hydrogens (tertiary/aromatic N) is 1. The van der Waals surface area contributed by atoms with E-state index in [1.165, 1.54) is 11.0 Å². The summed E-state index contributed by atoms with van der Waals surface area (Å²) in [4.78, 5) is 25.2. The van der Waals surface area contributed by atoms with E-state index in [1.54, 1.807) is 13.0 Å². The lowest BCUT2D eigenvalue weighted by Crippen LogP contribution is -2.40. The number of benzene rings is 1. The lowest BCUT2D eigenvalue weighted by Gasteiger charge is -2.24. The molecule has 0 atom stereocenters. The Hall–Kier alpha value is -1.62. The van der Waals surface area contributed by atoms with E-state index in [0.717, 1.165) is 10.0 Å². The van der Waals surface area contributed by atoms with E-state index in [9.17, 15) is 9.59 Å². The average Bonchev–Trinajstić information content (AvgIpc) is 2.43. The largest absolute Gasteiger partial charge is 0.465 e. The number of amides is 1. The first-order valence-electron chi connectivity index (χ1n) is 6.84. The molecule has 0 aliphatic heterocycles. The van der Waals surface area contributed by atoms with Crippen molar-refractivity contribution in [1.29, 1.82) is 0 Å². The van der Waals surface area contributed by atoms with Gasteiger partial charge in [-0.2, -0.15) is 0 Å². The summed E-state index contributed by atoms with van der Waals surface area (Å²) in [6.07, 6.45) is 3.20. The minimum atomic E-state index is -0.395. The van der Waals surface area contributed by atoms with Gasteiger partial charge in [0, 0.05) is 16.6 Å². The zero-order chi connectivity index (χ0) is 15.8. The Labute approximate surface area is 133 Å². The minimum Gasteiger partial charge on any atom is -0.465 e. The molecule has 0 radical (unpaired) electrons. The second kappa shape index (κ2) is 8.62. The van der Waals surface area contributed by atoms with E-state index >= 15 is 0 Å². The van der Waals surface area contributed by atoms with Crippen LogP contribution in [0.4, 0.5) is 0 Å². The van der Waals surface area contributed by atoms with Crippen LogP contribution in [0.15, 0.2) is 34.8 Å². The molecule has 0 saturated carbocycles. The molecular formula is C16H20BrNO3. The molecule has 1 aromatic rings. The van der Waals surface area contributed by atoms with Crippen LogP contribution in [-0.2, 0) is 14.3 Å². The predicted octanol–water partition coefficient (Wildman–Crippen LogP) is 3.26. The van der Waals surface area contributed by atoms with E-state index in [0.29, 0.717) is 6.61 Å². The van der Waals surface area contributed by atoms with Gasteiger partial charge in [-0.25, -0.2) is 0 Å². The van der Waals surface area contributed by atoms with E-state index in [1.807, 2.05) is 38.1 Å². The van der Waals surface area contributed by atoms with E-state index in [4.69, 9.17) is 4.74 Å². The molecule has 21 heavy (non-hydrogen) atoms. The number of ether oxygens (including phenoxy) is 1. The summed E-state index contributed by atoms with van der Waals surface area (Å²) in [6.45, 7) is 5.75. The summed E-state index contributed by atoms with van der Waals surface area (Å²) in [6, 6.07) is 7.53. The summed E-state index contributed by atoms with van der Waals surface area (Å²) in [5.74, 6) is -0.609. The maximum absolute atomic E-state index is 12.2. The third-order valence-corrected chi connectivity index (χ3v) is 3.54. The van der Waals surface area contributed by atoms with Gasteiger partial charge in [-0.15, -0.1) is 0 Å². The van der Waals surface area contributed by atoms with Crippen LogP contribution in [0.3, 0.4) is 0 Å². The van der Waals surface area contributed by atoms with Crippen LogP contribution in [0.2, 0.25) is 0 Å². The van der Waals surface area contributed by atoms with Gasteiger partial charge in [-0.1, -0.05) is 34.1 Å². The summed E-state index contributed by atoms with van der Waals surface area (Å²) in [7, 11) is 0. The van der Waals surface area contributed by atoms with Crippen molar-refractivity contribution in [3.8, 4) is 0 Å².